The molecule has 1 saturated carbocycles. The first-order valence-corrected chi connectivity index (χ1v) is 9.31. The van der Waals surface area contributed by atoms with Crippen molar-refractivity contribution in [2.75, 3.05) is 19.6 Å². The zero-order chi connectivity index (χ0) is 17.5. The maximum Gasteiger partial charge on any atom is 0.191 e. The predicted molar refractivity (Wildman–Crippen MR) is 104 cm³/mol. The monoisotopic (exact) mass is 356 g/mol. The third-order valence-electron chi connectivity index (χ3n) is 4.47. The van der Waals surface area contributed by atoms with E-state index in [9.17, 15) is 0 Å². The summed E-state index contributed by atoms with van der Waals surface area (Å²) in [6.45, 7) is 4.64. The number of nitrogens with one attached hydrogen (secondary N) is 2. The number of halogens is 1. The van der Waals surface area contributed by atoms with Crippen molar-refractivity contribution in [1.82, 2.24) is 15.6 Å². The standard InChI is InChI=1S/C20H25ClN4/c1-2-22-20(23-11-10-15-8-9-19(21)24-13-15)25-14-17-12-18(17)16-6-4-3-5-7-16/h3-9,13,17-18H,2,10-12,14H2,1H3,(H2,22,23,25). The van der Waals surface area contributed by atoms with Crippen LogP contribution < -0.4 is 10.6 Å². The lowest BCUT2D eigenvalue weighted by atomic mass is 10.1. The Hall–Kier alpha value is -2.07. The molecule has 4 nitrogen and oxygen atoms in total. The van der Waals surface area contributed by atoms with E-state index in [0.717, 1.165) is 32.0 Å². The van der Waals surface area contributed by atoms with Crippen molar-refractivity contribution >= 4 is 17.6 Å². The number of pyridine rings is 1. The van der Waals surface area contributed by atoms with Crippen molar-refractivity contribution in [3.63, 3.8) is 0 Å². The van der Waals surface area contributed by atoms with Gasteiger partial charge in [-0.3, -0.25) is 4.99 Å². The molecule has 2 aromatic rings. The number of hydrogen-bond acceptors (Lipinski definition) is 2. The molecule has 1 aromatic heterocycles. The molecule has 1 aromatic carbocycles. The SMILES string of the molecule is CCNC(=NCC1CC1c1ccccc1)NCCc1ccc(Cl)nc1. The Kier molecular flexibility index (Phi) is 6.29. The Balaban J connectivity index is 1.46. The van der Waals surface area contributed by atoms with Crippen LogP contribution in [0.4, 0.5) is 0 Å². The van der Waals surface area contributed by atoms with E-state index < -0.39 is 0 Å². The van der Waals surface area contributed by atoms with Crippen molar-refractivity contribution < 1.29 is 0 Å². The minimum Gasteiger partial charge on any atom is -0.357 e. The third kappa shape index (κ3) is 5.46. The molecule has 0 saturated heterocycles. The minimum absolute atomic E-state index is 0.531. The van der Waals surface area contributed by atoms with Crippen LogP contribution >= 0.6 is 11.6 Å². The average molecular weight is 357 g/mol. The summed E-state index contributed by atoms with van der Waals surface area (Å²) in [6.07, 6.45) is 3.96. The van der Waals surface area contributed by atoms with E-state index >= 15 is 0 Å². The van der Waals surface area contributed by atoms with Crippen LogP contribution in [-0.2, 0) is 6.42 Å². The molecular weight excluding hydrogens is 332 g/mol. The predicted octanol–water partition coefficient (Wildman–Crippen LogP) is 3.64. The highest BCUT2D eigenvalue weighted by atomic mass is 35.5. The van der Waals surface area contributed by atoms with Gasteiger partial charge in [0.25, 0.3) is 0 Å². The van der Waals surface area contributed by atoms with Crippen LogP contribution in [0.15, 0.2) is 53.7 Å². The van der Waals surface area contributed by atoms with Gasteiger partial charge in [0.2, 0.25) is 0 Å². The van der Waals surface area contributed by atoms with Crippen molar-refractivity contribution in [2.24, 2.45) is 10.9 Å². The highest BCUT2D eigenvalue weighted by molar-refractivity contribution is 6.29. The Morgan fingerprint density at radius 1 is 1.20 bits per heavy atom. The quantitative estimate of drug-likeness (QED) is 0.452. The fraction of sp³-hybridized carbons (Fsp3) is 0.400. The van der Waals surface area contributed by atoms with Crippen LogP contribution in [0.3, 0.4) is 0 Å². The lowest BCUT2D eigenvalue weighted by Gasteiger charge is -2.11. The molecule has 0 spiro atoms. The minimum atomic E-state index is 0.531. The van der Waals surface area contributed by atoms with Gasteiger partial charge in [0, 0.05) is 25.8 Å². The molecule has 1 fully saturated rings. The first-order valence-electron chi connectivity index (χ1n) is 8.94. The van der Waals surface area contributed by atoms with Crippen molar-refractivity contribution in [3.8, 4) is 0 Å². The van der Waals surface area contributed by atoms with Gasteiger partial charge in [-0.25, -0.2) is 4.98 Å². The van der Waals surface area contributed by atoms with Crippen molar-refractivity contribution in [2.45, 2.75) is 25.7 Å². The topological polar surface area (TPSA) is 49.3 Å². The summed E-state index contributed by atoms with van der Waals surface area (Å²) in [5.74, 6) is 2.23. The van der Waals surface area contributed by atoms with Gasteiger partial charge in [-0.05, 0) is 48.8 Å². The number of rotatable bonds is 7. The van der Waals surface area contributed by atoms with E-state index in [0.29, 0.717) is 17.0 Å². The van der Waals surface area contributed by atoms with Gasteiger partial charge in [0.05, 0.1) is 0 Å². The van der Waals surface area contributed by atoms with Crippen LogP contribution in [0.1, 0.15) is 30.4 Å². The summed E-state index contributed by atoms with van der Waals surface area (Å²) in [6, 6.07) is 14.6. The largest absolute Gasteiger partial charge is 0.357 e. The molecule has 2 unspecified atom stereocenters. The van der Waals surface area contributed by atoms with Crippen LogP contribution in [0, 0.1) is 5.92 Å². The summed E-state index contributed by atoms with van der Waals surface area (Å²) >= 11 is 5.81. The van der Waals surface area contributed by atoms with Gasteiger partial charge in [-0.1, -0.05) is 48.0 Å². The fourth-order valence-electron chi connectivity index (χ4n) is 2.99. The van der Waals surface area contributed by atoms with Crippen LogP contribution in [0.2, 0.25) is 5.15 Å². The molecule has 0 amide bonds. The number of aliphatic imine (C=N–C) groups is 1. The lowest BCUT2D eigenvalue weighted by molar-refractivity contribution is 0.763. The highest BCUT2D eigenvalue weighted by Gasteiger charge is 2.37. The molecule has 25 heavy (non-hydrogen) atoms. The number of guanidine groups is 1. The molecule has 2 atom stereocenters. The first kappa shape index (κ1) is 17.7. The number of hydrogen-bond donors (Lipinski definition) is 2. The van der Waals surface area contributed by atoms with Gasteiger partial charge < -0.3 is 10.6 Å². The van der Waals surface area contributed by atoms with Gasteiger partial charge >= 0.3 is 0 Å². The summed E-state index contributed by atoms with van der Waals surface area (Å²) in [5, 5.41) is 7.25. The molecule has 0 radical (unpaired) electrons. The van der Waals surface area contributed by atoms with E-state index in [1.807, 2.05) is 18.3 Å². The molecular formula is C20H25ClN4. The van der Waals surface area contributed by atoms with Crippen LogP contribution in [-0.4, -0.2) is 30.6 Å². The highest BCUT2D eigenvalue weighted by Crippen LogP contribution is 2.47. The van der Waals surface area contributed by atoms with E-state index in [1.165, 1.54) is 17.5 Å². The molecule has 1 aliphatic rings. The van der Waals surface area contributed by atoms with Gasteiger partial charge in [0.1, 0.15) is 5.15 Å². The number of benzene rings is 1. The normalized spacial score (nSPS) is 19.5. The average Bonchev–Trinajstić information content (AvgIpc) is 3.42. The maximum absolute atomic E-state index is 5.81. The molecule has 5 heteroatoms. The summed E-state index contributed by atoms with van der Waals surface area (Å²) in [4.78, 5) is 8.86. The molecule has 1 heterocycles. The Morgan fingerprint density at radius 3 is 2.76 bits per heavy atom. The Morgan fingerprint density at radius 2 is 2.04 bits per heavy atom. The van der Waals surface area contributed by atoms with E-state index in [-0.39, 0.29) is 0 Å². The first-order chi connectivity index (χ1) is 12.3. The van der Waals surface area contributed by atoms with Gasteiger partial charge in [0.15, 0.2) is 5.96 Å². The summed E-state index contributed by atoms with van der Waals surface area (Å²) in [7, 11) is 0. The Labute approximate surface area is 154 Å². The van der Waals surface area contributed by atoms with Crippen molar-refractivity contribution in [3.05, 3.63) is 64.9 Å². The molecule has 3 rings (SSSR count). The van der Waals surface area contributed by atoms with E-state index in [2.05, 4.69) is 52.9 Å². The second kappa shape index (κ2) is 8.86. The molecule has 2 N–H and O–H groups in total. The molecule has 1 aliphatic carbocycles. The second-order valence-electron chi connectivity index (χ2n) is 6.40. The zero-order valence-corrected chi connectivity index (χ0v) is 15.3. The molecule has 0 bridgehead atoms. The van der Waals surface area contributed by atoms with Crippen LogP contribution in [0.25, 0.3) is 0 Å². The molecule has 0 aliphatic heterocycles. The van der Waals surface area contributed by atoms with Gasteiger partial charge in [-0.2, -0.15) is 0 Å². The lowest BCUT2D eigenvalue weighted by Crippen LogP contribution is -2.38. The number of aromatic nitrogens is 1. The third-order valence-corrected chi connectivity index (χ3v) is 4.70. The van der Waals surface area contributed by atoms with Crippen LogP contribution in [0.5, 0.6) is 0 Å². The Bertz CT molecular complexity index is 685. The summed E-state index contributed by atoms with van der Waals surface area (Å²) < 4.78 is 0. The smallest absolute Gasteiger partial charge is 0.191 e. The van der Waals surface area contributed by atoms with Gasteiger partial charge in [-0.15, -0.1) is 0 Å². The number of nitrogens with zero attached hydrogens (tertiary/aromatic N) is 2. The maximum atomic E-state index is 5.81. The zero-order valence-electron chi connectivity index (χ0n) is 14.6. The van der Waals surface area contributed by atoms with Crippen molar-refractivity contribution in [1.29, 1.82) is 0 Å². The summed E-state index contributed by atoms with van der Waals surface area (Å²) in [5.41, 5.74) is 2.61. The molecule has 132 valence electrons. The van der Waals surface area contributed by atoms with E-state index in [4.69, 9.17) is 16.6 Å². The second-order valence-corrected chi connectivity index (χ2v) is 6.79. The van der Waals surface area contributed by atoms with E-state index in [1.54, 1.807) is 0 Å². The fourth-order valence-corrected chi connectivity index (χ4v) is 3.10.